The van der Waals surface area contributed by atoms with Crippen LogP contribution in [0.15, 0.2) is 59.3 Å². The lowest BCUT2D eigenvalue weighted by Gasteiger charge is -2.12. The summed E-state index contributed by atoms with van der Waals surface area (Å²) in [6.45, 7) is 0. The van der Waals surface area contributed by atoms with E-state index < -0.39 is 5.97 Å². The van der Waals surface area contributed by atoms with Crippen molar-refractivity contribution in [3.05, 3.63) is 64.9 Å². The number of methoxy groups -OCH3 is 1. The zero-order valence-electron chi connectivity index (χ0n) is 13.8. The van der Waals surface area contributed by atoms with Crippen LogP contribution in [0, 0.1) is 0 Å². The average molecular weight is 415 g/mol. The van der Waals surface area contributed by atoms with Gasteiger partial charge in [0.1, 0.15) is 17.8 Å². The van der Waals surface area contributed by atoms with Crippen LogP contribution in [-0.4, -0.2) is 23.0 Å². The Balaban J connectivity index is 1.81. The number of nitrogen functional groups attached to an aromatic ring is 1. The molecule has 3 aromatic rings. The summed E-state index contributed by atoms with van der Waals surface area (Å²) in [6, 6.07) is 14.1. The van der Waals surface area contributed by atoms with Gasteiger partial charge in [0.25, 0.3) is 0 Å². The topological polar surface area (TPSA) is 99.4 Å². The molecule has 3 N–H and O–H groups in total. The van der Waals surface area contributed by atoms with E-state index in [0.29, 0.717) is 17.1 Å². The van der Waals surface area contributed by atoms with Crippen LogP contribution < -0.4 is 15.8 Å². The third-order valence-corrected chi connectivity index (χ3v) is 4.16. The SMILES string of the molecule is COC(=O)c1ccc(Oc2ncnc(Nc3ccccc3Br)c2N)cc1. The lowest BCUT2D eigenvalue weighted by molar-refractivity contribution is 0.0600. The number of anilines is 3. The van der Waals surface area contributed by atoms with Crippen LogP contribution in [0.1, 0.15) is 10.4 Å². The van der Waals surface area contributed by atoms with E-state index in [1.54, 1.807) is 24.3 Å². The summed E-state index contributed by atoms with van der Waals surface area (Å²) in [4.78, 5) is 19.7. The molecule has 0 unspecified atom stereocenters. The number of hydrogen-bond donors (Lipinski definition) is 2. The highest BCUT2D eigenvalue weighted by molar-refractivity contribution is 9.10. The standard InChI is InChI=1S/C18H15BrN4O3/c1-25-18(24)11-6-8-12(9-7-11)26-17-15(20)16(21-10-22-17)23-14-5-3-2-4-13(14)19/h2-10H,20H2,1H3,(H,21,22,23). The number of halogens is 1. The van der Waals surface area contributed by atoms with Crippen LogP contribution in [0.5, 0.6) is 11.6 Å². The van der Waals surface area contributed by atoms with Gasteiger partial charge in [-0.15, -0.1) is 0 Å². The normalized spacial score (nSPS) is 10.2. The molecule has 0 radical (unpaired) electrons. The first-order valence-corrected chi connectivity index (χ1v) is 8.36. The van der Waals surface area contributed by atoms with Crippen molar-refractivity contribution in [1.82, 2.24) is 9.97 Å². The molecule has 7 nitrogen and oxygen atoms in total. The van der Waals surface area contributed by atoms with E-state index >= 15 is 0 Å². The number of nitrogens with zero attached hydrogens (tertiary/aromatic N) is 2. The number of carbonyl (C=O) groups excluding carboxylic acids is 1. The molecule has 0 bridgehead atoms. The van der Waals surface area contributed by atoms with Crippen molar-refractivity contribution >= 4 is 39.1 Å². The number of hydrogen-bond acceptors (Lipinski definition) is 7. The van der Waals surface area contributed by atoms with Crippen LogP contribution in [0.4, 0.5) is 17.2 Å². The molecule has 0 amide bonds. The molecule has 0 saturated carbocycles. The summed E-state index contributed by atoms with van der Waals surface area (Å²) in [6.07, 6.45) is 1.35. The molecule has 1 heterocycles. The number of carbonyl (C=O) groups is 1. The van der Waals surface area contributed by atoms with E-state index in [-0.39, 0.29) is 11.6 Å². The number of aromatic nitrogens is 2. The van der Waals surface area contributed by atoms with E-state index in [9.17, 15) is 4.79 Å². The maximum Gasteiger partial charge on any atom is 0.337 e. The molecule has 0 fully saturated rings. The fraction of sp³-hybridized carbons (Fsp3) is 0.0556. The van der Waals surface area contributed by atoms with Gasteiger partial charge in [-0.05, 0) is 52.3 Å². The van der Waals surface area contributed by atoms with Crippen LogP contribution >= 0.6 is 15.9 Å². The Kier molecular flexibility index (Phi) is 5.33. The van der Waals surface area contributed by atoms with Crippen molar-refractivity contribution in [3.8, 4) is 11.6 Å². The van der Waals surface area contributed by atoms with Crippen LogP contribution in [0.3, 0.4) is 0 Å². The highest BCUT2D eigenvalue weighted by Gasteiger charge is 2.12. The number of benzene rings is 2. The van der Waals surface area contributed by atoms with Crippen molar-refractivity contribution in [2.24, 2.45) is 0 Å². The molecule has 0 aliphatic heterocycles. The molecule has 0 aliphatic carbocycles. The second kappa shape index (κ2) is 7.83. The van der Waals surface area contributed by atoms with Gasteiger partial charge in [0.2, 0.25) is 5.88 Å². The lowest BCUT2D eigenvalue weighted by atomic mass is 10.2. The first-order valence-electron chi connectivity index (χ1n) is 7.56. The second-order valence-electron chi connectivity index (χ2n) is 5.16. The van der Waals surface area contributed by atoms with Gasteiger partial charge < -0.3 is 20.5 Å². The third kappa shape index (κ3) is 3.92. The number of para-hydroxylation sites is 1. The van der Waals surface area contributed by atoms with Crippen LogP contribution in [0.25, 0.3) is 0 Å². The molecule has 2 aromatic carbocycles. The Hall–Kier alpha value is -3.13. The van der Waals surface area contributed by atoms with E-state index in [2.05, 4.69) is 36.0 Å². The van der Waals surface area contributed by atoms with Crippen LogP contribution in [0.2, 0.25) is 0 Å². The number of rotatable bonds is 5. The van der Waals surface area contributed by atoms with Gasteiger partial charge >= 0.3 is 5.97 Å². The molecule has 26 heavy (non-hydrogen) atoms. The maximum absolute atomic E-state index is 11.5. The van der Waals surface area contributed by atoms with Gasteiger partial charge in [-0.3, -0.25) is 0 Å². The molecule has 1 aromatic heterocycles. The van der Waals surface area contributed by atoms with Crippen molar-refractivity contribution in [2.75, 3.05) is 18.2 Å². The summed E-state index contributed by atoms with van der Waals surface area (Å²) >= 11 is 3.46. The minimum absolute atomic E-state index is 0.209. The first kappa shape index (κ1) is 17.7. The molecular weight excluding hydrogens is 400 g/mol. The largest absolute Gasteiger partial charge is 0.465 e. The summed E-state index contributed by atoms with van der Waals surface area (Å²) in [5.74, 6) is 0.696. The monoisotopic (exact) mass is 414 g/mol. The minimum atomic E-state index is -0.418. The Morgan fingerprint density at radius 2 is 1.85 bits per heavy atom. The van der Waals surface area contributed by atoms with Gasteiger partial charge in [-0.1, -0.05) is 12.1 Å². The molecule has 3 rings (SSSR count). The average Bonchev–Trinajstić information content (AvgIpc) is 2.66. The first-order chi connectivity index (χ1) is 12.6. The summed E-state index contributed by atoms with van der Waals surface area (Å²) < 4.78 is 11.2. The highest BCUT2D eigenvalue weighted by Crippen LogP contribution is 2.32. The molecule has 132 valence electrons. The molecule has 8 heteroatoms. The quantitative estimate of drug-likeness (QED) is 0.604. The lowest BCUT2D eigenvalue weighted by Crippen LogP contribution is -2.04. The van der Waals surface area contributed by atoms with Crippen molar-refractivity contribution < 1.29 is 14.3 Å². The smallest absolute Gasteiger partial charge is 0.337 e. The predicted molar refractivity (Wildman–Crippen MR) is 102 cm³/mol. The maximum atomic E-state index is 11.5. The van der Waals surface area contributed by atoms with Crippen molar-refractivity contribution in [3.63, 3.8) is 0 Å². The summed E-state index contributed by atoms with van der Waals surface area (Å²) in [5, 5.41) is 3.13. The van der Waals surface area contributed by atoms with E-state index in [1.807, 2.05) is 24.3 Å². The second-order valence-corrected chi connectivity index (χ2v) is 6.02. The zero-order chi connectivity index (χ0) is 18.5. The van der Waals surface area contributed by atoms with Gasteiger partial charge in [-0.25, -0.2) is 9.78 Å². The highest BCUT2D eigenvalue weighted by atomic mass is 79.9. The molecule has 0 aliphatic rings. The Bertz CT molecular complexity index is 932. The summed E-state index contributed by atoms with van der Waals surface area (Å²) in [7, 11) is 1.33. The molecule has 0 saturated heterocycles. The van der Waals surface area contributed by atoms with E-state index in [0.717, 1.165) is 10.2 Å². The Morgan fingerprint density at radius 3 is 2.54 bits per heavy atom. The van der Waals surface area contributed by atoms with Gasteiger partial charge in [-0.2, -0.15) is 4.98 Å². The third-order valence-electron chi connectivity index (χ3n) is 3.46. The number of ether oxygens (including phenoxy) is 2. The van der Waals surface area contributed by atoms with Gasteiger partial charge in [0, 0.05) is 4.47 Å². The van der Waals surface area contributed by atoms with E-state index in [1.165, 1.54) is 13.4 Å². The molecule has 0 atom stereocenters. The van der Waals surface area contributed by atoms with Crippen molar-refractivity contribution in [1.29, 1.82) is 0 Å². The molecular formula is C18H15BrN4O3. The summed E-state index contributed by atoms with van der Waals surface area (Å²) in [5.41, 5.74) is 7.63. The number of esters is 1. The number of nitrogens with one attached hydrogen (secondary N) is 1. The fourth-order valence-corrected chi connectivity index (χ4v) is 2.52. The zero-order valence-corrected chi connectivity index (χ0v) is 15.4. The Labute approximate surface area is 158 Å². The number of nitrogens with two attached hydrogens (primary N) is 1. The fourth-order valence-electron chi connectivity index (χ4n) is 2.14. The van der Waals surface area contributed by atoms with E-state index in [4.69, 9.17) is 10.5 Å². The minimum Gasteiger partial charge on any atom is -0.465 e. The Morgan fingerprint density at radius 1 is 1.12 bits per heavy atom. The van der Waals surface area contributed by atoms with Crippen molar-refractivity contribution in [2.45, 2.75) is 0 Å². The van der Waals surface area contributed by atoms with Crippen LogP contribution in [-0.2, 0) is 4.74 Å². The van der Waals surface area contributed by atoms with Gasteiger partial charge in [0.05, 0.1) is 18.4 Å². The predicted octanol–water partition coefficient (Wildman–Crippen LogP) is 4.14. The van der Waals surface area contributed by atoms with Gasteiger partial charge in [0.15, 0.2) is 5.82 Å². The molecule has 0 spiro atoms.